The van der Waals surface area contributed by atoms with Crippen molar-refractivity contribution in [3.63, 3.8) is 0 Å². The molecule has 0 unspecified atom stereocenters. The Hall–Kier alpha value is -0.430. The summed E-state index contributed by atoms with van der Waals surface area (Å²) in [6, 6.07) is 1.72. The van der Waals surface area contributed by atoms with Crippen molar-refractivity contribution < 1.29 is 8.42 Å². The lowest BCUT2D eigenvalue weighted by Gasteiger charge is -2.08. The topological polar surface area (TPSA) is 49.4 Å². The van der Waals surface area contributed by atoms with Gasteiger partial charge in [0.05, 0.1) is 4.90 Å². The zero-order valence-electron chi connectivity index (χ0n) is 9.15. The van der Waals surface area contributed by atoms with Crippen LogP contribution < -0.4 is 5.32 Å². The molecule has 1 heterocycles. The van der Waals surface area contributed by atoms with Gasteiger partial charge >= 0.3 is 0 Å². The van der Waals surface area contributed by atoms with Crippen molar-refractivity contribution in [3.8, 4) is 0 Å². The Morgan fingerprint density at radius 1 is 1.47 bits per heavy atom. The standard InChI is InChI=1S/C9H16N2O2S2/c1-4-10-6-8-5-9(7-14-8)15(12,13)11(2)3/h5,7,10H,4,6H2,1-3H3. The number of rotatable bonds is 5. The summed E-state index contributed by atoms with van der Waals surface area (Å²) in [5, 5.41) is 4.84. The first-order valence-corrected chi connectivity index (χ1v) is 7.01. The maximum Gasteiger partial charge on any atom is 0.243 e. The number of hydrogen-bond donors (Lipinski definition) is 1. The summed E-state index contributed by atoms with van der Waals surface area (Å²) in [6.07, 6.45) is 0. The number of nitrogens with zero attached hydrogens (tertiary/aromatic N) is 1. The predicted molar refractivity (Wildman–Crippen MR) is 62.6 cm³/mol. The second kappa shape index (κ2) is 5.07. The first-order valence-electron chi connectivity index (χ1n) is 4.69. The molecule has 0 radical (unpaired) electrons. The first-order chi connectivity index (χ1) is 6.98. The lowest BCUT2D eigenvalue weighted by atomic mass is 10.4. The molecule has 15 heavy (non-hydrogen) atoms. The first kappa shape index (κ1) is 12.6. The minimum Gasteiger partial charge on any atom is -0.312 e. The van der Waals surface area contributed by atoms with Crippen LogP contribution >= 0.6 is 11.3 Å². The van der Waals surface area contributed by atoms with Crippen molar-refractivity contribution in [2.45, 2.75) is 18.4 Å². The van der Waals surface area contributed by atoms with E-state index in [1.54, 1.807) is 11.4 Å². The van der Waals surface area contributed by atoms with Crippen molar-refractivity contribution in [1.29, 1.82) is 0 Å². The van der Waals surface area contributed by atoms with E-state index >= 15 is 0 Å². The van der Waals surface area contributed by atoms with E-state index in [0.29, 0.717) is 4.90 Å². The van der Waals surface area contributed by atoms with E-state index in [2.05, 4.69) is 5.32 Å². The van der Waals surface area contributed by atoms with Crippen molar-refractivity contribution in [2.75, 3.05) is 20.6 Å². The van der Waals surface area contributed by atoms with Gasteiger partial charge in [0.25, 0.3) is 0 Å². The quantitative estimate of drug-likeness (QED) is 0.849. The Labute approximate surface area is 95.0 Å². The smallest absolute Gasteiger partial charge is 0.243 e. The molecule has 0 aliphatic carbocycles. The maximum atomic E-state index is 11.7. The Balaban J connectivity index is 2.85. The monoisotopic (exact) mass is 248 g/mol. The van der Waals surface area contributed by atoms with Crippen LogP contribution in [0.5, 0.6) is 0 Å². The van der Waals surface area contributed by atoms with Crippen molar-refractivity contribution in [2.24, 2.45) is 0 Å². The molecule has 0 aliphatic heterocycles. The number of sulfonamides is 1. The summed E-state index contributed by atoms with van der Waals surface area (Å²) in [5.41, 5.74) is 0. The van der Waals surface area contributed by atoms with Gasteiger partial charge in [-0.3, -0.25) is 0 Å². The Kier molecular flexibility index (Phi) is 4.27. The van der Waals surface area contributed by atoms with E-state index in [9.17, 15) is 8.42 Å². The normalized spacial score (nSPS) is 12.3. The summed E-state index contributed by atoms with van der Waals surface area (Å²) in [7, 11) is -0.188. The molecule has 6 heteroatoms. The molecular formula is C9H16N2O2S2. The number of thiophene rings is 1. The molecule has 0 fully saturated rings. The van der Waals surface area contributed by atoms with E-state index in [-0.39, 0.29) is 0 Å². The highest BCUT2D eigenvalue weighted by atomic mass is 32.2. The Morgan fingerprint density at radius 2 is 2.13 bits per heavy atom. The van der Waals surface area contributed by atoms with Crippen LogP contribution in [0.15, 0.2) is 16.3 Å². The van der Waals surface area contributed by atoms with Crippen molar-refractivity contribution in [1.82, 2.24) is 9.62 Å². The van der Waals surface area contributed by atoms with Gasteiger partial charge in [0.2, 0.25) is 10.0 Å². The highest BCUT2D eigenvalue weighted by Gasteiger charge is 2.18. The van der Waals surface area contributed by atoms with Crippen LogP contribution in [-0.2, 0) is 16.6 Å². The van der Waals surface area contributed by atoms with Gasteiger partial charge in [-0.15, -0.1) is 11.3 Å². The molecular weight excluding hydrogens is 232 g/mol. The summed E-state index contributed by atoms with van der Waals surface area (Å²) >= 11 is 1.47. The average molecular weight is 248 g/mol. The largest absolute Gasteiger partial charge is 0.312 e. The number of hydrogen-bond acceptors (Lipinski definition) is 4. The molecule has 0 aliphatic rings. The molecule has 0 amide bonds. The summed E-state index contributed by atoms with van der Waals surface area (Å²) in [6.45, 7) is 3.63. The van der Waals surface area contributed by atoms with Crippen LogP contribution in [0.25, 0.3) is 0 Å². The Bertz CT molecular complexity index is 410. The SMILES string of the molecule is CCNCc1cc(S(=O)(=O)N(C)C)cs1. The molecule has 0 spiro atoms. The van der Waals surface area contributed by atoms with Gasteiger partial charge < -0.3 is 5.32 Å². The highest BCUT2D eigenvalue weighted by Crippen LogP contribution is 2.21. The summed E-state index contributed by atoms with van der Waals surface area (Å²) < 4.78 is 24.7. The average Bonchev–Trinajstić information content (AvgIpc) is 2.63. The minimum absolute atomic E-state index is 0.380. The van der Waals surface area contributed by atoms with E-state index < -0.39 is 10.0 Å². The molecule has 86 valence electrons. The van der Waals surface area contributed by atoms with E-state index in [1.807, 2.05) is 6.92 Å². The van der Waals surface area contributed by atoms with Crippen LogP contribution in [0.4, 0.5) is 0 Å². The van der Waals surface area contributed by atoms with Crippen LogP contribution in [-0.4, -0.2) is 33.4 Å². The van der Waals surface area contributed by atoms with Gasteiger partial charge in [-0.2, -0.15) is 0 Å². The summed E-state index contributed by atoms with van der Waals surface area (Å²) in [5.74, 6) is 0. The molecule has 4 nitrogen and oxygen atoms in total. The van der Waals surface area contributed by atoms with Crippen LogP contribution in [0, 0.1) is 0 Å². The van der Waals surface area contributed by atoms with Crippen LogP contribution in [0.2, 0.25) is 0 Å². The second-order valence-electron chi connectivity index (χ2n) is 3.32. The number of nitrogens with one attached hydrogen (secondary N) is 1. The lowest BCUT2D eigenvalue weighted by molar-refractivity contribution is 0.521. The fourth-order valence-corrected chi connectivity index (χ4v) is 3.18. The highest BCUT2D eigenvalue weighted by molar-refractivity contribution is 7.89. The molecule has 0 saturated heterocycles. The molecule has 1 rings (SSSR count). The molecule has 1 aromatic heterocycles. The third kappa shape index (κ3) is 3.01. The third-order valence-corrected chi connectivity index (χ3v) is 4.84. The van der Waals surface area contributed by atoms with E-state index in [1.165, 1.54) is 29.7 Å². The molecule has 1 aromatic rings. The van der Waals surface area contributed by atoms with Crippen molar-refractivity contribution in [3.05, 3.63) is 16.3 Å². The fraction of sp³-hybridized carbons (Fsp3) is 0.556. The Morgan fingerprint density at radius 3 is 2.67 bits per heavy atom. The van der Waals surface area contributed by atoms with Crippen molar-refractivity contribution >= 4 is 21.4 Å². The van der Waals surface area contributed by atoms with Gasteiger partial charge in [-0.1, -0.05) is 6.92 Å². The van der Waals surface area contributed by atoms with Crippen LogP contribution in [0.1, 0.15) is 11.8 Å². The minimum atomic E-state index is -3.27. The van der Waals surface area contributed by atoms with Gasteiger partial charge in [-0.05, 0) is 12.6 Å². The molecule has 0 atom stereocenters. The van der Waals surface area contributed by atoms with E-state index in [4.69, 9.17) is 0 Å². The van der Waals surface area contributed by atoms with Crippen LogP contribution in [0.3, 0.4) is 0 Å². The molecule has 0 bridgehead atoms. The van der Waals surface area contributed by atoms with Gasteiger partial charge in [0, 0.05) is 30.9 Å². The van der Waals surface area contributed by atoms with Gasteiger partial charge in [0.15, 0.2) is 0 Å². The lowest BCUT2D eigenvalue weighted by Crippen LogP contribution is -2.21. The van der Waals surface area contributed by atoms with Gasteiger partial charge in [0.1, 0.15) is 0 Å². The van der Waals surface area contributed by atoms with E-state index in [0.717, 1.165) is 18.0 Å². The second-order valence-corrected chi connectivity index (χ2v) is 6.46. The van der Waals surface area contributed by atoms with Gasteiger partial charge in [-0.25, -0.2) is 12.7 Å². The predicted octanol–water partition coefficient (Wildman–Crippen LogP) is 1.11. The molecule has 0 aromatic carbocycles. The fourth-order valence-electron chi connectivity index (χ4n) is 1.05. The summed E-state index contributed by atoms with van der Waals surface area (Å²) in [4.78, 5) is 1.42. The molecule has 1 N–H and O–H groups in total. The zero-order valence-corrected chi connectivity index (χ0v) is 10.8. The zero-order chi connectivity index (χ0) is 11.5. The molecule has 0 saturated carbocycles. The maximum absolute atomic E-state index is 11.7. The third-order valence-electron chi connectivity index (χ3n) is 1.96.